The van der Waals surface area contributed by atoms with Gasteiger partial charge in [0.2, 0.25) is 21.8 Å². The molecule has 1 N–H and O–H groups in total. The summed E-state index contributed by atoms with van der Waals surface area (Å²) < 4.78 is 26.1. The third kappa shape index (κ3) is 6.97. The van der Waals surface area contributed by atoms with Crippen molar-refractivity contribution in [2.45, 2.75) is 39.8 Å². The number of nitrogens with one attached hydrogen (secondary N) is 1. The van der Waals surface area contributed by atoms with Crippen LogP contribution < -0.4 is 9.62 Å². The standard InChI is InChI=1S/C23H30ClN3O4S/c1-5-13-25-23(29)18(3)26(15-19-10-6-7-12-21(19)24)22(28)16-27(32(4,30)31)20-11-8-9-17(2)14-20/h6-12,14,18H,5,13,15-16H2,1-4H3,(H,25,29)/t18-/m1/s1. The van der Waals surface area contributed by atoms with Gasteiger partial charge in [0, 0.05) is 18.1 Å². The highest BCUT2D eigenvalue weighted by atomic mass is 35.5. The smallest absolute Gasteiger partial charge is 0.244 e. The quantitative estimate of drug-likeness (QED) is 0.566. The Morgan fingerprint density at radius 2 is 1.81 bits per heavy atom. The largest absolute Gasteiger partial charge is 0.354 e. The number of aryl methyl sites for hydroxylation is 1. The van der Waals surface area contributed by atoms with Gasteiger partial charge in [-0.15, -0.1) is 0 Å². The van der Waals surface area contributed by atoms with Crippen molar-refractivity contribution >= 4 is 39.1 Å². The Bertz CT molecular complexity index is 1060. The molecule has 2 amide bonds. The number of carbonyl (C=O) groups is 2. The Hall–Kier alpha value is -2.58. The molecular formula is C23H30ClN3O4S. The van der Waals surface area contributed by atoms with Crippen LogP contribution in [-0.4, -0.2) is 50.5 Å². The Morgan fingerprint density at radius 1 is 1.12 bits per heavy atom. The highest BCUT2D eigenvalue weighted by molar-refractivity contribution is 7.92. The molecule has 0 saturated heterocycles. The van der Waals surface area contributed by atoms with Gasteiger partial charge in [-0.1, -0.05) is 48.9 Å². The van der Waals surface area contributed by atoms with Crippen LogP contribution in [0.4, 0.5) is 5.69 Å². The van der Waals surface area contributed by atoms with Gasteiger partial charge >= 0.3 is 0 Å². The lowest BCUT2D eigenvalue weighted by Crippen LogP contribution is -2.51. The van der Waals surface area contributed by atoms with Crippen LogP contribution in [0.5, 0.6) is 0 Å². The molecule has 0 aliphatic carbocycles. The van der Waals surface area contributed by atoms with Gasteiger partial charge in [0.15, 0.2) is 0 Å². The van der Waals surface area contributed by atoms with E-state index in [4.69, 9.17) is 11.6 Å². The van der Waals surface area contributed by atoms with Gasteiger partial charge in [0.25, 0.3) is 0 Å². The topological polar surface area (TPSA) is 86.8 Å². The molecule has 2 aromatic carbocycles. The molecule has 0 spiro atoms. The molecule has 0 aliphatic heterocycles. The van der Waals surface area contributed by atoms with E-state index >= 15 is 0 Å². The van der Waals surface area contributed by atoms with Crippen LogP contribution >= 0.6 is 11.6 Å². The molecule has 2 rings (SSSR count). The highest BCUT2D eigenvalue weighted by Crippen LogP contribution is 2.22. The third-order valence-electron chi connectivity index (χ3n) is 4.98. The molecule has 1 atom stereocenters. The number of rotatable bonds is 10. The average molecular weight is 480 g/mol. The van der Waals surface area contributed by atoms with Crippen molar-refractivity contribution in [1.82, 2.24) is 10.2 Å². The second-order valence-electron chi connectivity index (χ2n) is 7.69. The molecule has 0 aromatic heterocycles. The van der Waals surface area contributed by atoms with E-state index in [-0.39, 0.29) is 12.5 Å². The van der Waals surface area contributed by atoms with Crippen molar-refractivity contribution in [3.8, 4) is 0 Å². The molecule has 0 saturated carbocycles. The number of hydrogen-bond donors (Lipinski definition) is 1. The zero-order chi connectivity index (χ0) is 23.9. The molecule has 2 aromatic rings. The molecule has 0 unspecified atom stereocenters. The number of carbonyl (C=O) groups excluding carboxylic acids is 2. The fraction of sp³-hybridized carbons (Fsp3) is 0.391. The summed E-state index contributed by atoms with van der Waals surface area (Å²) in [5, 5.41) is 3.26. The summed E-state index contributed by atoms with van der Waals surface area (Å²) in [7, 11) is -3.75. The summed E-state index contributed by atoms with van der Waals surface area (Å²) in [5.41, 5.74) is 1.92. The molecule has 0 radical (unpaired) electrons. The first-order chi connectivity index (χ1) is 15.0. The average Bonchev–Trinajstić information content (AvgIpc) is 2.73. The van der Waals surface area contributed by atoms with Crippen molar-refractivity contribution in [3.05, 3.63) is 64.7 Å². The predicted octanol–water partition coefficient (Wildman–Crippen LogP) is 3.36. The van der Waals surface area contributed by atoms with E-state index in [9.17, 15) is 18.0 Å². The van der Waals surface area contributed by atoms with Gasteiger partial charge in [0.05, 0.1) is 11.9 Å². The summed E-state index contributed by atoms with van der Waals surface area (Å²) in [6.45, 7) is 5.52. The molecular weight excluding hydrogens is 450 g/mol. The lowest BCUT2D eigenvalue weighted by Gasteiger charge is -2.31. The minimum absolute atomic E-state index is 0.0740. The zero-order valence-corrected chi connectivity index (χ0v) is 20.4. The first-order valence-corrected chi connectivity index (χ1v) is 12.6. The number of anilines is 1. The number of benzene rings is 2. The number of hydrogen-bond acceptors (Lipinski definition) is 4. The van der Waals surface area contributed by atoms with Gasteiger partial charge in [-0.05, 0) is 49.6 Å². The van der Waals surface area contributed by atoms with E-state index in [0.717, 1.165) is 22.5 Å². The summed E-state index contributed by atoms with van der Waals surface area (Å²) in [6.07, 6.45) is 1.81. The van der Waals surface area contributed by atoms with Gasteiger partial charge in [-0.25, -0.2) is 8.42 Å². The first-order valence-electron chi connectivity index (χ1n) is 10.4. The minimum Gasteiger partial charge on any atom is -0.354 e. The summed E-state index contributed by atoms with van der Waals surface area (Å²) >= 11 is 6.29. The fourth-order valence-corrected chi connectivity index (χ4v) is 4.22. The summed E-state index contributed by atoms with van der Waals surface area (Å²) in [5.74, 6) is -0.815. The van der Waals surface area contributed by atoms with Gasteiger partial charge in [0.1, 0.15) is 12.6 Å². The monoisotopic (exact) mass is 479 g/mol. The second-order valence-corrected chi connectivity index (χ2v) is 10.0. The van der Waals surface area contributed by atoms with Crippen LogP contribution in [-0.2, 0) is 26.2 Å². The van der Waals surface area contributed by atoms with Gasteiger partial charge < -0.3 is 10.2 Å². The molecule has 174 valence electrons. The lowest BCUT2D eigenvalue weighted by atomic mass is 10.1. The molecule has 7 nitrogen and oxygen atoms in total. The van der Waals surface area contributed by atoms with E-state index in [1.807, 2.05) is 19.9 Å². The van der Waals surface area contributed by atoms with Crippen molar-refractivity contribution in [1.29, 1.82) is 0 Å². The molecule has 0 heterocycles. The number of amides is 2. The van der Waals surface area contributed by atoms with E-state index < -0.39 is 28.5 Å². The second kappa shape index (κ2) is 11.3. The van der Waals surface area contributed by atoms with E-state index in [1.54, 1.807) is 49.4 Å². The number of halogens is 1. The molecule has 0 bridgehead atoms. The number of sulfonamides is 1. The van der Waals surface area contributed by atoms with E-state index in [0.29, 0.717) is 22.8 Å². The van der Waals surface area contributed by atoms with Crippen LogP contribution in [0, 0.1) is 6.92 Å². The molecule has 0 aliphatic rings. The summed E-state index contributed by atoms with van der Waals surface area (Å²) in [4.78, 5) is 27.4. The van der Waals surface area contributed by atoms with Crippen LogP contribution in [0.1, 0.15) is 31.4 Å². The van der Waals surface area contributed by atoms with Crippen molar-refractivity contribution in [3.63, 3.8) is 0 Å². The van der Waals surface area contributed by atoms with E-state index in [1.165, 1.54) is 4.90 Å². The molecule has 32 heavy (non-hydrogen) atoms. The van der Waals surface area contributed by atoms with Crippen LogP contribution in [0.3, 0.4) is 0 Å². The van der Waals surface area contributed by atoms with Gasteiger partial charge in [-0.3, -0.25) is 13.9 Å². The zero-order valence-electron chi connectivity index (χ0n) is 18.8. The summed E-state index contributed by atoms with van der Waals surface area (Å²) in [6, 6.07) is 13.1. The Balaban J connectivity index is 2.38. The third-order valence-corrected chi connectivity index (χ3v) is 6.49. The number of nitrogens with zero attached hydrogens (tertiary/aromatic N) is 2. The Morgan fingerprint density at radius 3 is 2.41 bits per heavy atom. The SMILES string of the molecule is CCCNC(=O)[C@@H](C)N(Cc1ccccc1Cl)C(=O)CN(c1cccc(C)c1)S(C)(=O)=O. The van der Waals surface area contributed by atoms with Crippen molar-refractivity contribution < 1.29 is 18.0 Å². The Kier molecular flexibility index (Phi) is 9.09. The fourth-order valence-electron chi connectivity index (χ4n) is 3.19. The maximum Gasteiger partial charge on any atom is 0.244 e. The normalized spacial score (nSPS) is 12.2. The lowest BCUT2D eigenvalue weighted by molar-refractivity contribution is -0.139. The van der Waals surface area contributed by atoms with Crippen molar-refractivity contribution in [2.75, 3.05) is 23.7 Å². The first kappa shape index (κ1) is 25.7. The van der Waals surface area contributed by atoms with Crippen LogP contribution in [0.25, 0.3) is 0 Å². The Labute approximate surface area is 195 Å². The maximum atomic E-state index is 13.4. The predicted molar refractivity (Wildman–Crippen MR) is 128 cm³/mol. The minimum atomic E-state index is -3.75. The van der Waals surface area contributed by atoms with Crippen LogP contribution in [0.2, 0.25) is 5.02 Å². The highest BCUT2D eigenvalue weighted by Gasteiger charge is 2.30. The van der Waals surface area contributed by atoms with Gasteiger partial charge in [-0.2, -0.15) is 0 Å². The van der Waals surface area contributed by atoms with E-state index in [2.05, 4.69) is 5.32 Å². The molecule has 0 fully saturated rings. The molecule has 9 heteroatoms. The van der Waals surface area contributed by atoms with Crippen molar-refractivity contribution in [2.24, 2.45) is 0 Å². The maximum absolute atomic E-state index is 13.4. The van der Waals surface area contributed by atoms with Crippen LogP contribution in [0.15, 0.2) is 48.5 Å².